The summed E-state index contributed by atoms with van der Waals surface area (Å²) in [5, 5.41) is 4.01. The van der Waals surface area contributed by atoms with Crippen LogP contribution >= 0.6 is 0 Å². The number of anilines is 1. The molecule has 0 bridgehead atoms. The standard InChI is InChI=1S/C21H21N5O/c1-13(20-24-16-10-6-7-11-17(16)25-20)22-21(27)18-12-19(26(2)3)14-8-4-5-9-15(14)23-18/h4-13H,1-3H3,(H,22,27)(H,24,25). The molecule has 0 radical (unpaired) electrons. The molecule has 4 rings (SSSR count). The second-order valence-electron chi connectivity index (χ2n) is 6.77. The molecule has 4 aromatic rings. The lowest BCUT2D eigenvalue weighted by Crippen LogP contribution is -2.28. The van der Waals surface area contributed by atoms with Crippen LogP contribution in [-0.2, 0) is 0 Å². The van der Waals surface area contributed by atoms with E-state index in [1.165, 1.54) is 0 Å². The summed E-state index contributed by atoms with van der Waals surface area (Å²) in [7, 11) is 3.92. The van der Waals surface area contributed by atoms with Crippen LogP contribution in [0.25, 0.3) is 21.9 Å². The van der Waals surface area contributed by atoms with Gasteiger partial charge in [-0.15, -0.1) is 0 Å². The highest BCUT2D eigenvalue weighted by Crippen LogP contribution is 2.25. The van der Waals surface area contributed by atoms with Crippen LogP contribution < -0.4 is 10.2 Å². The number of H-pyrrole nitrogens is 1. The van der Waals surface area contributed by atoms with E-state index in [9.17, 15) is 4.79 Å². The lowest BCUT2D eigenvalue weighted by molar-refractivity contribution is 0.0934. The molecule has 2 heterocycles. The molecule has 2 aromatic carbocycles. The van der Waals surface area contributed by atoms with Gasteiger partial charge in [-0.05, 0) is 31.2 Å². The van der Waals surface area contributed by atoms with Gasteiger partial charge in [-0.3, -0.25) is 4.79 Å². The maximum Gasteiger partial charge on any atom is 0.270 e. The number of aromatic nitrogens is 3. The van der Waals surface area contributed by atoms with Gasteiger partial charge >= 0.3 is 0 Å². The number of hydrogen-bond acceptors (Lipinski definition) is 4. The first-order chi connectivity index (χ1) is 13.0. The predicted octanol–water partition coefficient (Wildman–Crippen LogP) is 3.67. The molecule has 0 saturated heterocycles. The smallest absolute Gasteiger partial charge is 0.270 e. The predicted molar refractivity (Wildman–Crippen MR) is 108 cm³/mol. The summed E-state index contributed by atoms with van der Waals surface area (Å²) >= 11 is 0. The maximum atomic E-state index is 12.8. The van der Waals surface area contributed by atoms with Crippen molar-refractivity contribution in [2.45, 2.75) is 13.0 Å². The van der Waals surface area contributed by atoms with Gasteiger partial charge in [0, 0.05) is 25.2 Å². The maximum absolute atomic E-state index is 12.8. The van der Waals surface area contributed by atoms with Crippen molar-refractivity contribution in [3.63, 3.8) is 0 Å². The zero-order chi connectivity index (χ0) is 19.0. The normalized spacial score (nSPS) is 12.3. The molecule has 1 unspecified atom stereocenters. The largest absolute Gasteiger partial charge is 0.377 e. The number of hydrogen-bond donors (Lipinski definition) is 2. The number of nitrogens with zero attached hydrogens (tertiary/aromatic N) is 3. The van der Waals surface area contributed by atoms with Crippen LogP contribution in [0, 0.1) is 0 Å². The molecule has 0 aliphatic rings. The van der Waals surface area contributed by atoms with Crippen LogP contribution in [0.15, 0.2) is 54.6 Å². The van der Waals surface area contributed by atoms with E-state index in [0.717, 1.165) is 33.4 Å². The molecule has 1 amide bonds. The van der Waals surface area contributed by atoms with E-state index in [-0.39, 0.29) is 11.9 Å². The van der Waals surface area contributed by atoms with Crippen molar-refractivity contribution < 1.29 is 4.79 Å². The molecule has 0 saturated carbocycles. The molecule has 27 heavy (non-hydrogen) atoms. The van der Waals surface area contributed by atoms with Crippen LogP contribution in [0.3, 0.4) is 0 Å². The van der Waals surface area contributed by atoms with E-state index in [4.69, 9.17) is 0 Å². The van der Waals surface area contributed by atoms with Crippen molar-refractivity contribution in [1.29, 1.82) is 0 Å². The number of imidazole rings is 1. The minimum absolute atomic E-state index is 0.225. The Morgan fingerprint density at radius 3 is 2.48 bits per heavy atom. The Balaban J connectivity index is 1.64. The van der Waals surface area contributed by atoms with Crippen LogP contribution in [0.1, 0.15) is 29.3 Å². The van der Waals surface area contributed by atoms with Gasteiger partial charge in [0.15, 0.2) is 0 Å². The van der Waals surface area contributed by atoms with Crippen molar-refractivity contribution in [2.75, 3.05) is 19.0 Å². The summed E-state index contributed by atoms with van der Waals surface area (Å²) in [5.41, 5.74) is 3.98. The lowest BCUT2D eigenvalue weighted by atomic mass is 10.1. The average Bonchev–Trinajstić information content (AvgIpc) is 3.11. The minimum atomic E-state index is -0.263. The zero-order valence-electron chi connectivity index (χ0n) is 15.5. The fourth-order valence-electron chi connectivity index (χ4n) is 3.16. The quantitative estimate of drug-likeness (QED) is 0.583. The highest BCUT2D eigenvalue weighted by Gasteiger charge is 2.18. The number of pyridine rings is 1. The molecular weight excluding hydrogens is 338 g/mol. The molecule has 1 atom stereocenters. The molecule has 0 fully saturated rings. The fourth-order valence-corrected chi connectivity index (χ4v) is 3.16. The highest BCUT2D eigenvalue weighted by atomic mass is 16.1. The Bertz CT molecular complexity index is 1100. The number of fused-ring (bicyclic) bond motifs is 2. The first kappa shape index (κ1) is 17.0. The third-order valence-corrected chi connectivity index (χ3v) is 4.57. The number of carbonyl (C=O) groups is 1. The number of amides is 1. The number of benzene rings is 2. The summed E-state index contributed by atoms with van der Waals surface area (Å²) in [6.07, 6.45) is 0. The average molecular weight is 359 g/mol. The summed E-state index contributed by atoms with van der Waals surface area (Å²) < 4.78 is 0. The fraction of sp³-hybridized carbons (Fsp3) is 0.190. The second kappa shape index (κ2) is 6.72. The molecule has 6 heteroatoms. The SMILES string of the molecule is CC(NC(=O)c1cc(N(C)C)c2ccccc2n1)c1nc2ccccc2[nH]1. The van der Waals surface area contributed by atoms with Gasteiger partial charge in [-0.2, -0.15) is 0 Å². The summed E-state index contributed by atoms with van der Waals surface area (Å²) in [4.78, 5) is 27.2. The Hall–Kier alpha value is -3.41. The van der Waals surface area contributed by atoms with E-state index < -0.39 is 0 Å². The second-order valence-corrected chi connectivity index (χ2v) is 6.77. The first-order valence-corrected chi connectivity index (χ1v) is 8.85. The Labute approximate surface area is 157 Å². The lowest BCUT2D eigenvalue weighted by Gasteiger charge is -2.17. The van der Waals surface area contributed by atoms with E-state index in [0.29, 0.717) is 5.69 Å². The highest BCUT2D eigenvalue weighted by molar-refractivity contribution is 6.00. The van der Waals surface area contributed by atoms with Crippen molar-refractivity contribution in [3.8, 4) is 0 Å². The Morgan fingerprint density at radius 1 is 1.04 bits per heavy atom. The van der Waals surface area contributed by atoms with Crippen molar-refractivity contribution >= 4 is 33.5 Å². The third-order valence-electron chi connectivity index (χ3n) is 4.57. The van der Waals surface area contributed by atoms with Gasteiger partial charge < -0.3 is 15.2 Å². The molecule has 2 N–H and O–H groups in total. The van der Waals surface area contributed by atoms with Crippen LogP contribution in [0.4, 0.5) is 5.69 Å². The molecule has 0 aliphatic heterocycles. The number of rotatable bonds is 4. The topological polar surface area (TPSA) is 73.9 Å². The van der Waals surface area contributed by atoms with E-state index in [1.54, 1.807) is 0 Å². The third kappa shape index (κ3) is 3.21. The molecule has 6 nitrogen and oxygen atoms in total. The zero-order valence-corrected chi connectivity index (χ0v) is 15.5. The summed E-state index contributed by atoms with van der Waals surface area (Å²) in [6.45, 7) is 1.91. The van der Waals surface area contributed by atoms with Crippen LogP contribution in [0.2, 0.25) is 0 Å². The van der Waals surface area contributed by atoms with E-state index in [1.807, 2.05) is 80.5 Å². The van der Waals surface area contributed by atoms with Gasteiger partial charge in [-0.1, -0.05) is 30.3 Å². The van der Waals surface area contributed by atoms with Crippen molar-refractivity contribution in [1.82, 2.24) is 20.3 Å². The van der Waals surface area contributed by atoms with Crippen LogP contribution in [-0.4, -0.2) is 35.0 Å². The molecule has 0 spiro atoms. The number of nitrogens with one attached hydrogen (secondary N) is 2. The number of para-hydroxylation sites is 3. The van der Waals surface area contributed by atoms with Gasteiger partial charge in [-0.25, -0.2) is 9.97 Å². The van der Waals surface area contributed by atoms with E-state index in [2.05, 4.69) is 20.3 Å². The van der Waals surface area contributed by atoms with Crippen LogP contribution in [0.5, 0.6) is 0 Å². The van der Waals surface area contributed by atoms with E-state index >= 15 is 0 Å². The van der Waals surface area contributed by atoms with Gasteiger partial charge in [0.05, 0.1) is 22.6 Å². The van der Waals surface area contributed by atoms with Gasteiger partial charge in [0.2, 0.25) is 0 Å². The minimum Gasteiger partial charge on any atom is -0.377 e. The van der Waals surface area contributed by atoms with Crippen molar-refractivity contribution in [2.24, 2.45) is 0 Å². The van der Waals surface area contributed by atoms with Crippen molar-refractivity contribution in [3.05, 3.63) is 66.1 Å². The molecule has 136 valence electrons. The Morgan fingerprint density at radius 2 is 1.74 bits per heavy atom. The summed E-state index contributed by atoms with van der Waals surface area (Å²) in [5.74, 6) is 0.495. The first-order valence-electron chi connectivity index (χ1n) is 8.85. The molecule has 2 aromatic heterocycles. The molecular formula is C21H21N5O. The Kier molecular flexibility index (Phi) is 4.24. The molecule has 0 aliphatic carbocycles. The van der Waals surface area contributed by atoms with Gasteiger partial charge in [0.25, 0.3) is 5.91 Å². The summed E-state index contributed by atoms with van der Waals surface area (Å²) in [6, 6.07) is 17.2. The number of carbonyl (C=O) groups excluding carboxylic acids is 1. The van der Waals surface area contributed by atoms with Gasteiger partial charge in [0.1, 0.15) is 11.5 Å². The monoisotopic (exact) mass is 359 g/mol. The number of aromatic amines is 1.